The zero-order chi connectivity index (χ0) is 10.8. The first-order valence-electron chi connectivity index (χ1n) is 3.40. The lowest BCUT2D eigenvalue weighted by Crippen LogP contribution is -2.05. The Hall–Kier alpha value is -1.30. The van der Waals surface area contributed by atoms with Crippen molar-refractivity contribution in [2.75, 3.05) is 5.43 Å². The molecule has 7 heteroatoms. The summed E-state index contributed by atoms with van der Waals surface area (Å²) in [4.78, 5) is 9.79. The lowest BCUT2D eigenvalue weighted by atomic mass is 10.2. The summed E-state index contributed by atoms with van der Waals surface area (Å²) < 4.78 is 36.5. The largest absolute Gasteiger partial charge is 0.416 e. The topological polar surface area (TPSA) is 41.5 Å². The van der Waals surface area contributed by atoms with Crippen LogP contribution in [0.3, 0.4) is 0 Å². The van der Waals surface area contributed by atoms with E-state index in [1.165, 1.54) is 0 Å². The van der Waals surface area contributed by atoms with Crippen molar-refractivity contribution in [3.63, 3.8) is 0 Å². The Bertz CT molecular complexity index is 353. The van der Waals surface area contributed by atoms with Crippen LogP contribution in [0.5, 0.6) is 0 Å². The minimum absolute atomic E-state index is 0.00222. The smallest absolute Gasteiger partial charge is 0.241 e. The van der Waals surface area contributed by atoms with Crippen molar-refractivity contribution >= 4 is 17.3 Å². The van der Waals surface area contributed by atoms with Crippen LogP contribution in [0.1, 0.15) is 5.56 Å². The van der Waals surface area contributed by atoms with E-state index in [9.17, 15) is 18.1 Å². The summed E-state index contributed by atoms with van der Waals surface area (Å²) in [7, 11) is 0. The van der Waals surface area contributed by atoms with E-state index in [1.807, 2.05) is 5.43 Å². The molecule has 1 rings (SSSR count). The van der Waals surface area contributed by atoms with Crippen LogP contribution in [0.4, 0.5) is 18.9 Å². The summed E-state index contributed by atoms with van der Waals surface area (Å²) in [6, 6.07) is 2.57. The fourth-order valence-corrected chi connectivity index (χ4v) is 0.996. The van der Waals surface area contributed by atoms with Gasteiger partial charge in [0.15, 0.2) is 0 Å². The first kappa shape index (κ1) is 10.8. The molecule has 0 amide bonds. The van der Waals surface area contributed by atoms with Gasteiger partial charge in [0.05, 0.1) is 21.6 Å². The zero-order valence-electron chi connectivity index (χ0n) is 6.60. The van der Waals surface area contributed by atoms with Gasteiger partial charge in [-0.25, -0.2) is 5.43 Å². The number of anilines is 1. The monoisotopic (exact) mass is 224 g/mol. The SMILES string of the molecule is O=NNc1cc(C(F)(F)F)ccc1Cl. The summed E-state index contributed by atoms with van der Waals surface area (Å²) in [6.07, 6.45) is -4.47. The van der Waals surface area contributed by atoms with Gasteiger partial charge in [-0.15, -0.1) is 4.91 Å². The van der Waals surface area contributed by atoms with Gasteiger partial charge in [0.25, 0.3) is 0 Å². The molecule has 0 atom stereocenters. The van der Waals surface area contributed by atoms with Crippen LogP contribution in [-0.4, -0.2) is 0 Å². The van der Waals surface area contributed by atoms with Crippen LogP contribution in [0.2, 0.25) is 5.02 Å². The molecule has 0 aromatic heterocycles. The fourth-order valence-electron chi connectivity index (χ4n) is 0.836. The molecule has 1 N–H and O–H groups in total. The van der Waals surface area contributed by atoms with Crippen LogP contribution in [0.15, 0.2) is 23.5 Å². The van der Waals surface area contributed by atoms with Gasteiger partial charge in [-0.1, -0.05) is 11.6 Å². The summed E-state index contributed by atoms with van der Waals surface area (Å²) in [6.45, 7) is 0. The van der Waals surface area contributed by atoms with Gasteiger partial charge in [0.2, 0.25) is 0 Å². The van der Waals surface area contributed by atoms with Crippen LogP contribution >= 0.6 is 11.6 Å². The van der Waals surface area contributed by atoms with Crippen molar-refractivity contribution in [1.29, 1.82) is 0 Å². The maximum Gasteiger partial charge on any atom is 0.416 e. The highest BCUT2D eigenvalue weighted by Gasteiger charge is 2.30. The number of nitroso groups, excluding NO2 is 1. The summed E-state index contributed by atoms with van der Waals surface area (Å²) >= 11 is 5.50. The molecule has 0 fully saturated rings. The fraction of sp³-hybridized carbons (Fsp3) is 0.143. The van der Waals surface area contributed by atoms with Gasteiger partial charge in [-0.3, -0.25) is 0 Å². The number of alkyl halides is 3. The van der Waals surface area contributed by atoms with Crippen LogP contribution in [0.25, 0.3) is 0 Å². The van der Waals surface area contributed by atoms with Gasteiger partial charge in [-0.2, -0.15) is 13.2 Å². The molecule has 14 heavy (non-hydrogen) atoms. The highest BCUT2D eigenvalue weighted by Crippen LogP contribution is 2.33. The van der Waals surface area contributed by atoms with Gasteiger partial charge >= 0.3 is 6.18 Å². The lowest BCUT2D eigenvalue weighted by Gasteiger charge is -2.08. The van der Waals surface area contributed by atoms with Crippen molar-refractivity contribution in [2.24, 2.45) is 5.29 Å². The van der Waals surface area contributed by atoms with E-state index in [-0.39, 0.29) is 10.7 Å². The third-order valence-corrected chi connectivity index (χ3v) is 1.79. The molecule has 1 aromatic rings. The lowest BCUT2D eigenvalue weighted by molar-refractivity contribution is -0.137. The first-order chi connectivity index (χ1) is 6.45. The maximum absolute atomic E-state index is 12.2. The molecule has 0 aliphatic rings. The molecule has 0 heterocycles. The number of hydrogen-bond acceptors (Lipinski definition) is 2. The van der Waals surface area contributed by atoms with Crippen molar-refractivity contribution in [1.82, 2.24) is 0 Å². The minimum Gasteiger partial charge on any atom is -0.241 e. The van der Waals surface area contributed by atoms with E-state index in [0.717, 1.165) is 12.1 Å². The van der Waals surface area contributed by atoms with E-state index in [1.54, 1.807) is 0 Å². The molecular weight excluding hydrogens is 221 g/mol. The van der Waals surface area contributed by atoms with Gasteiger partial charge in [-0.05, 0) is 18.2 Å². The van der Waals surface area contributed by atoms with Crippen molar-refractivity contribution in [3.05, 3.63) is 33.7 Å². The average molecular weight is 225 g/mol. The third-order valence-electron chi connectivity index (χ3n) is 1.46. The average Bonchev–Trinajstić information content (AvgIpc) is 2.07. The molecule has 0 aliphatic heterocycles. The number of benzene rings is 1. The predicted molar refractivity (Wildman–Crippen MR) is 45.9 cm³/mol. The highest BCUT2D eigenvalue weighted by atomic mass is 35.5. The molecular formula is C7H4ClF3N2O. The highest BCUT2D eigenvalue weighted by molar-refractivity contribution is 6.33. The van der Waals surface area contributed by atoms with Crippen LogP contribution in [0, 0.1) is 4.91 Å². The van der Waals surface area contributed by atoms with Gasteiger partial charge in [0, 0.05) is 0 Å². The van der Waals surface area contributed by atoms with E-state index in [4.69, 9.17) is 11.6 Å². The van der Waals surface area contributed by atoms with Gasteiger partial charge in [0.1, 0.15) is 0 Å². The predicted octanol–water partition coefficient (Wildman–Crippen LogP) is 3.45. The van der Waals surface area contributed by atoms with E-state index < -0.39 is 11.7 Å². The van der Waals surface area contributed by atoms with Gasteiger partial charge < -0.3 is 0 Å². The molecule has 0 saturated carbocycles. The zero-order valence-corrected chi connectivity index (χ0v) is 7.36. The Labute approximate surface area is 81.8 Å². The Morgan fingerprint density at radius 2 is 2.00 bits per heavy atom. The summed E-state index contributed by atoms with van der Waals surface area (Å²) in [5, 5.41) is 2.24. The number of nitrogens with zero attached hydrogens (tertiary/aromatic N) is 1. The molecule has 0 spiro atoms. The number of halogens is 4. The standard InChI is InChI=1S/C7H4ClF3N2O/c8-5-2-1-4(7(9,10)11)3-6(5)12-13-14/h1-3H,(H,12,14). The maximum atomic E-state index is 12.2. The number of hydrogen-bond donors (Lipinski definition) is 1. The molecule has 0 bridgehead atoms. The third kappa shape index (κ3) is 2.35. The molecule has 0 saturated heterocycles. The second kappa shape index (κ2) is 3.83. The molecule has 1 aromatic carbocycles. The second-order valence-electron chi connectivity index (χ2n) is 2.40. The van der Waals surface area contributed by atoms with Crippen molar-refractivity contribution < 1.29 is 13.2 Å². The summed E-state index contributed by atoms with van der Waals surface area (Å²) in [5.74, 6) is 0. The molecule has 76 valence electrons. The van der Waals surface area contributed by atoms with Crippen LogP contribution in [-0.2, 0) is 6.18 Å². The number of nitrogens with one attached hydrogen (secondary N) is 1. The van der Waals surface area contributed by atoms with E-state index in [0.29, 0.717) is 6.07 Å². The van der Waals surface area contributed by atoms with Crippen molar-refractivity contribution in [3.8, 4) is 0 Å². The molecule has 0 radical (unpaired) electrons. The molecule has 0 aliphatic carbocycles. The normalized spacial score (nSPS) is 11.1. The molecule has 3 nitrogen and oxygen atoms in total. The van der Waals surface area contributed by atoms with E-state index >= 15 is 0 Å². The second-order valence-corrected chi connectivity index (χ2v) is 2.80. The Kier molecular flexibility index (Phi) is 2.95. The first-order valence-corrected chi connectivity index (χ1v) is 3.78. The van der Waals surface area contributed by atoms with Crippen LogP contribution < -0.4 is 5.43 Å². The quantitative estimate of drug-likeness (QED) is 0.617. The van der Waals surface area contributed by atoms with E-state index in [2.05, 4.69) is 5.29 Å². The Morgan fingerprint density at radius 3 is 2.50 bits per heavy atom. The number of rotatable bonds is 2. The Morgan fingerprint density at radius 1 is 1.36 bits per heavy atom. The summed E-state index contributed by atoms with van der Waals surface area (Å²) in [5.41, 5.74) is 0.761. The Balaban J connectivity index is 3.12. The van der Waals surface area contributed by atoms with Crippen molar-refractivity contribution in [2.45, 2.75) is 6.18 Å². The minimum atomic E-state index is -4.47. The molecule has 0 unspecified atom stereocenters.